The van der Waals surface area contributed by atoms with Crippen molar-refractivity contribution in [2.75, 3.05) is 14.2 Å². The largest absolute Gasteiger partial charge is 0.481 e. The van der Waals surface area contributed by atoms with Gasteiger partial charge in [-0.1, -0.05) is 0 Å². The van der Waals surface area contributed by atoms with E-state index in [4.69, 9.17) is 5.11 Å². The molecule has 0 amide bonds. The highest BCUT2D eigenvalue weighted by molar-refractivity contribution is 5.83. The Labute approximate surface area is 80.8 Å². The third kappa shape index (κ3) is 4.44. The Balaban J connectivity index is 4.31. The number of hydrogen-bond donors (Lipinski definition) is 1. The van der Waals surface area contributed by atoms with Gasteiger partial charge in [0.15, 0.2) is 0 Å². The molecule has 0 aliphatic heterocycles. The summed E-state index contributed by atoms with van der Waals surface area (Å²) in [5, 5.41) is 8.45. The van der Waals surface area contributed by atoms with Crippen LogP contribution in [0.25, 0.3) is 0 Å². The van der Waals surface area contributed by atoms with Crippen LogP contribution in [-0.2, 0) is 23.9 Å². The summed E-state index contributed by atoms with van der Waals surface area (Å²) >= 11 is 0. The second-order valence-electron chi connectivity index (χ2n) is 2.60. The summed E-state index contributed by atoms with van der Waals surface area (Å²) in [6.07, 6.45) is -0.725. The first kappa shape index (κ1) is 12.4. The van der Waals surface area contributed by atoms with Gasteiger partial charge in [0.05, 0.1) is 33.0 Å². The van der Waals surface area contributed by atoms with Crippen LogP contribution in [0.3, 0.4) is 0 Å². The zero-order valence-electron chi connectivity index (χ0n) is 7.98. The summed E-state index contributed by atoms with van der Waals surface area (Å²) in [5.74, 6) is -3.51. The van der Waals surface area contributed by atoms with Gasteiger partial charge in [0.1, 0.15) is 0 Å². The molecule has 80 valence electrons. The minimum Gasteiger partial charge on any atom is -0.481 e. The molecule has 14 heavy (non-hydrogen) atoms. The van der Waals surface area contributed by atoms with Crippen molar-refractivity contribution in [3.05, 3.63) is 0 Å². The van der Waals surface area contributed by atoms with Gasteiger partial charge in [0.25, 0.3) is 0 Å². The summed E-state index contributed by atoms with van der Waals surface area (Å²) in [4.78, 5) is 32.1. The maximum atomic E-state index is 11.0. The predicted molar refractivity (Wildman–Crippen MR) is 44.4 cm³/mol. The van der Waals surface area contributed by atoms with E-state index in [1.807, 2.05) is 0 Å². The van der Waals surface area contributed by atoms with Crippen LogP contribution in [-0.4, -0.2) is 37.2 Å². The van der Waals surface area contributed by atoms with Gasteiger partial charge in [-0.3, -0.25) is 14.4 Å². The Bertz CT molecular complexity index is 234. The SMILES string of the molecule is COC(=O)C[C@H](CC(=O)O)C(=O)OC. The lowest BCUT2D eigenvalue weighted by molar-refractivity contribution is -0.155. The van der Waals surface area contributed by atoms with Crippen molar-refractivity contribution in [3.8, 4) is 0 Å². The highest BCUT2D eigenvalue weighted by Crippen LogP contribution is 2.11. The number of rotatable bonds is 5. The summed E-state index contributed by atoms with van der Waals surface area (Å²) < 4.78 is 8.67. The molecule has 0 bridgehead atoms. The number of carboxylic acids is 1. The lowest BCUT2D eigenvalue weighted by Gasteiger charge is -2.10. The molecule has 0 saturated carbocycles. The molecular formula is C8H12O6. The first-order valence-electron chi connectivity index (χ1n) is 3.87. The highest BCUT2D eigenvalue weighted by atomic mass is 16.5. The molecular weight excluding hydrogens is 192 g/mol. The molecule has 0 radical (unpaired) electrons. The molecule has 0 aliphatic carbocycles. The van der Waals surface area contributed by atoms with Crippen molar-refractivity contribution in [1.82, 2.24) is 0 Å². The lowest BCUT2D eigenvalue weighted by atomic mass is 10.0. The van der Waals surface area contributed by atoms with E-state index in [1.165, 1.54) is 0 Å². The molecule has 6 heteroatoms. The van der Waals surface area contributed by atoms with Gasteiger partial charge in [-0.25, -0.2) is 0 Å². The van der Waals surface area contributed by atoms with Crippen LogP contribution >= 0.6 is 0 Å². The number of carbonyl (C=O) groups excluding carboxylic acids is 2. The van der Waals surface area contributed by atoms with Gasteiger partial charge >= 0.3 is 17.9 Å². The summed E-state index contributed by atoms with van der Waals surface area (Å²) in [7, 11) is 2.30. The Hall–Kier alpha value is -1.59. The normalized spacial score (nSPS) is 11.6. The molecule has 0 aromatic carbocycles. The topological polar surface area (TPSA) is 89.9 Å². The van der Waals surface area contributed by atoms with E-state index in [0.717, 1.165) is 14.2 Å². The van der Waals surface area contributed by atoms with Gasteiger partial charge in [-0.2, -0.15) is 0 Å². The molecule has 0 fully saturated rings. The van der Waals surface area contributed by atoms with E-state index in [1.54, 1.807) is 0 Å². The zero-order chi connectivity index (χ0) is 11.1. The molecule has 0 spiro atoms. The minimum atomic E-state index is -1.16. The van der Waals surface area contributed by atoms with Crippen LogP contribution in [0, 0.1) is 5.92 Å². The Morgan fingerprint density at radius 2 is 1.71 bits per heavy atom. The quantitative estimate of drug-likeness (QED) is 0.624. The van der Waals surface area contributed by atoms with E-state index in [-0.39, 0.29) is 6.42 Å². The molecule has 0 heterocycles. The number of ether oxygens (including phenoxy) is 2. The summed E-state index contributed by atoms with van der Waals surface area (Å²) in [6, 6.07) is 0. The van der Waals surface area contributed by atoms with Crippen LogP contribution in [0.4, 0.5) is 0 Å². The Morgan fingerprint density at radius 1 is 1.14 bits per heavy atom. The van der Waals surface area contributed by atoms with Crippen LogP contribution in [0.1, 0.15) is 12.8 Å². The van der Waals surface area contributed by atoms with E-state index in [9.17, 15) is 14.4 Å². The summed E-state index contributed by atoms with van der Waals surface area (Å²) in [5.41, 5.74) is 0. The maximum Gasteiger partial charge on any atom is 0.309 e. The first-order valence-corrected chi connectivity index (χ1v) is 3.87. The van der Waals surface area contributed by atoms with Crippen LogP contribution in [0.15, 0.2) is 0 Å². The number of carboxylic acid groups (broad SMARTS) is 1. The monoisotopic (exact) mass is 204 g/mol. The Kier molecular flexibility index (Phi) is 5.28. The third-order valence-corrected chi connectivity index (χ3v) is 1.60. The molecule has 6 nitrogen and oxygen atoms in total. The Morgan fingerprint density at radius 3 is 2.07 bits per heavy atom. The zero-order valence-corrected chi connectivity index (χ0v) is 7.98. The van der Waals surface area contributed by atoms with E-state index >= 15 is 0 Å². The average Bonchev–Trinajstić information content (AvgIpc) is 2.14. The van der Waals surface area contributed by atoms with Crippen molar-refractivity contribution in [2.45, 2.75) is 12.8 Å². The van der Waals surface area contributed by atoms with Crippen LogP contribution in [0.5, 0.6) is 0 Å². The first-order chi connectivity index (χ1) is 6.51. The smallest absolute Gasteiger partial charge is 0.309 e. The number of aliphatic carboxylic acids is 1. The number of hydrogen-bond acceptors (Lipinski definition) is 5. The van der Waals surface area contributed by atoms with Crippen molar-refractivity contribution in [2.24, 2.45) is 5.92 Å². The number of methoxy groups -OCH3 is 2. The van der Waals surface area contributed by atoms with Gasteiger partial charge < -0.3 is 14.6 Å². The standard InChI is InChI=1S/C8H12O6/c1-13-7(11)4-5(3-6(9)10)8(12)14-2/h5H,3-4H2,1-2H3,(H,9,10)/t5-/m0/s1. The molecule has 1 atom stereocenters. The maximum absolute atomic E-state index is 11.0. The van der Waals surface area contributed by atoms with Crippen molar-refractivity contribution < 1.29 is 29.0 Å². The second-order valence-corrected chi connectivity index (χ2v) is 2.60. The lowest BCUT2D eigenvalue weighted by Crippen LogP contribution is -2.23. The fourth-order valence-electron chi connectivity index (χ4n) is 0.901. The van der Waals surface area contributed by atoms with E-state index in [2.05, 4.69) is 9.47 Å². The van der Waals surface area contributed by atoms with E-state index in [0.29, 0.717) is 0 Å². The minimum absolute atomic E-state index is 0.282. The molecule has 0 aromatic rings. The van der Waals surface area contributed by atoms with Crippen LogP contribution < -0.4 is 0 Å². The number of esters is 2. The molecule has 0 rings (SSSR count). The van der Waals surface area contributed by atoms with Gasteiger partial charge in [-0.05, 0) is 0 Å². The molecule has 0 saturated heterocycles. The van der Waals surface area contributed by atoms with Gasteiger partial charge in [0, 0.05) is 0 Å². The average molecular weight is 204 g/mol. The van der Waals surface area contributed by atoms with Gasteiger partial charge in [0.2, 0.25) is 0 Å². The van der Waals surface area contributed by atoms with Crippen molar-refractivity contribution in [1.29, 1.82) is 0 Å². The molecule has 0 aliphatic rings. The molecule has 0 aromatic heterocycles. The van der Waals surface area contributed by atoms with Crippen molar-refractivity contribution in [3.63, 3.8) is 0 Å². The highest BCUT2D eigenvalue weighted by Gasteiger charge is 2.25. The fourth-order valence-corrected chi connectivity index (χ4v) is 0.901. The third-order valence-electron chi connectivity index (χ3n) is 1.60. The number of carbonyl (C=O) groups is 3. The predicted octanol–water partition coefficient (Wildman–Crippen LogP) is -0.187. The summed E-state index contributed by atoms with van der Waals surface area (Å²) in [6.45, 7) is 0. The van der Waals surface area contributed by atoms with Gasteiger partial charge in [-0.15, -0.1) is 0 Å². The van der Waals surface area contributed by atoms with E-state index < -0.39 is 30.2 Å². The van der Waals surface area contributed by atoms with Crippen LogP contribution in [0.2, 0.25) is 0 Å². The fraction of sp³-hybridized carbons (Fsp3) is 0.625. The second kappa shape index (κ2) is 5.95. The molecule has 1 N–H and O–H groups in total. The van der Waals surface area contributed by atoms with Crippen molar-refractivity contribution >= 4 is 17.9 Å². The molecule has 0 unspecified atom stereocenters.